The van der Waals surface area contributed by atoms with Gasteiger partial charge in [0, 0.05) is 5.69 Å². The summed E-state index contributed by atoms with van der Waals surface area (Å²) in [5.41, 5.74) is 2.37. The molecule has 1 amide bonds. The number of rotatable bonds is 5. The number of amides is 1. The van der Waals surface area contributed by atoms with Crippen LogP contribution in [0.4, 0.5) is 16.5 Å². The van der Waals surface area contributed by atoms with E-state index < -0.39 is 0 Å². The molecule has 0 radical (unpaired) electrons. The van der Waals surface area contributed by atoms with Crippen molar-refractivity contribution >= 4 is 44.0 Å². The van der Waals surface area contributed by atoms with Crippen molar-refractivity contribution in [3.05, 3.63) is 54.9 Å². The van der Waals surface area contributed by atoms with Crippen molar-refractivity contribution in [3.8, 4) is 0 Å². The quantitative estimate of drug-likeness (QED) is 0.574. The van der Waals surface area contributed by atoms with Gasteiger partial charge in [-0.25, -0.2) is 9.67 Å². The normalized spacial score (nSPS) is 10.7. The summed E-state index contributed by atoms with van der Waals surface area (Å²) in [6.45, 7) is 0.0443. The predicted octanol–water partition coefficient (Wildman–Crippen LogP) is 2.67. The number of thiazole rings is 1. The number of aromatic nitrogens is 5. The average Bonchev–Trinajstić information content (AvgIpc) is 3.25. The number of anilines is 3. The number of benzene rings is 2. The molecular weight excluding hydrogens is 338 g/mol. The molecule has 2 aromatic heterocycles. The van der Waals surface area contributed by atoms with Gasteiger partial charge >= 0.3 is 0 Å². The predicted molar refractivity (Wildman–Crippen MR) is 95.8 cm³/mol. The van der Waals surface area contributed by atoms with Crippen molar-refractivity contribution in [2.45, 2.75) is 6.54 Å². The van der Waals surface area contributed by atoms with E-state index in [1.807, 2.05) is 48.5 Å². The summed E-state index contributed by atoms with van der Waals surface area (Å²) in [4.78, 5) is 16.8. The second kappa shape index (κ2) is 6.65. The highest BCUT2D eigenvalue weighted by Crippen LogP contribution is 2.32. The van der Waals surface area contributed by atoms with E-state index in [4.69, 9.17) is 0 Å². The summed E-state index contributed by atoms with van der Waals surface area (Å²) in [6.07, 6.45) is 1.39. The molecule has 0 fully saturated rings. The van der Waals surface area contributed by atoms with Gasteiger partial charge in [0.1, 0.15) is 18.4 Å². The molecule has 124 valence electrons. The number of hydrogen-bond donors (Lipinski definition) is 2. The highest BCUT2D eigenvalue weighted by Gasteiger charge is 2.11. The number of hydrogen-bond acceptors (Lipinski definition) is 7. The van der Waals surface area contributed by atoms with Gasteiger partial charge in [0.25, 0.3) is 0 Å². The zero-order valence-corrected chi connectivity index (χ0v) is 13.8. The first kappa shape index (κ1) is 15.2. The molecule has 0 saturated heterocycles. The van der Waals surface area contributed by atoms with Crippen LogP contribution >= 0.6 is 11.3 Å². The number of nitrogens with one attached hydrogen (secondary N) is 2. The molecule has 9 heteroatoms. The summed E-state index contributed by atoms with van der Waals surface area (Å²) in [5, 5.41) is 17.6. The third-order valence-electron chi connectivity index (χ3n) is 3.42. The summed E-state index contributed by atoms with van der Waals surface area (Å²) in [6, 6.07) is 15.5. The Kier molecular flexibility index (Phi) is 4.05. The Hall–Kier alpha value is -3.33. The lowest BCUT2D eigenvalue weighted by Gasteiger charge is -2.05. The van der Waals surface area contributed by atoms with Gasteiger partial charge in [0.15, 0.2) is 5.13 Å². The summed E-state index contributed by atoms with van der Waals surface area (Å²) in [7, 11) is 0. The van der Waals surface area contributed by atoms with E-state index in [9.17, 15) is 4.79 Å². The molecule has 0 aliphatic carbocycles. The Morgan fingerprint density at radius 1 is 1.12 bits per heavy atom. The van der Waals surface area contributed by atoms with Crippen molar-refractivity contribution in [1.82, 2.24) is 25.2 Å². The minimum atomic E-state index is -0.217. The zero-order valence-electron chi connectivity index (χ0n) is 13.0. The maximum atomic E-state index is 12.2. The lowest BCUT2D eigenvalue weighted by atomic mass is 10.3. The molecule has 25 heavy (non-hydrogen) atoms. The molecule has 2 heterocycles. The van der Waals surface area contributed by atoms with Gasteiger partial charge in [-0.15, -0.1) is 5.10 Å². The molecule has 0 aliphatic heterocycles. The standard InChI is InChI=1S/C16H13N7OS/c24-14(9-23-10-17-21-22-23)19-12-7-4-8-13-15(12)20-16(25-13)18-11-5-2-1-3-6-11/h1-8,10H,9H2,(H,18,20)(H,19,24). The number of tetrazole rings is 1. The minimum Gasteiger partial charge on any atom is -0.332 e. The number of carbonyl (C=O) groups excluding carboxylic acids is 1. The number of nitrogens with zero attached hydrogens (tertiary/aromatic N) is 5. The maximum Gasteiger partial charge on any atom is 0.246 e. The second-order valence-electron chi connectivity index (χ2n) is 5.22. The summed E-state index contributed by atoms with van der Waals surface area (Å²) >= 11 is 1.53. The third-order valence-corrected chi connectivity index (χ3v) is 4.35. The van der Waals surface area contributed by atoms with Crippen molar-refractivity contribution in [1.29, 1.82) is 0 Å². The molecule has 0 spiro atoms. The van der Waals surface area contributed by atoms with E-state index >= 15 is 0 Å². The Morgan fingerprint density at radius 3 is 2.80 bits per heavy atom. The van der Waals surface area contributed by atoms with Crippen LogP contribution in [0, 0.1) is 0 Å². The van der Waals surface area contributed by atoms with Crippen LogP contribution < -0.4 is 10.6 Å². The SMILES string of the molecule is O=C(Cn1cnnn1)Nc1cccc2sc(Nc3ccccc3)nc12. The number of carbonyl (C=O) groups is 1. The summed E-state index contributed by atoms with van der Waals surface area (Å²) < 4.78 is 2.34. The topological polar surface area (TPSA) is 97.6 Å². The first-order chi connectivity index (χ1) is 12.3. The highest BCUT2D eigenvalue weighted by atomic mass is 32.1. The highest BCUT2D eigenvalue weighted by molar-refractivity contribution is 7.22. The Labute approximate surface area is 146 Å². The molecular formula is C16H13N7OS. The third kappa shape index (κ3) is 3.45. The fraction of sp³-hybridized carbons (Fsp3) is 0.0625. The van der Waals surface area contributed by atoms with Crippen molar-refractivity contribution in [2.24, 2.45) is 0 Å². The van der Waals surface area contributed by atoms with Crippen molar-refractivity contribution in [3.63, 3.8) is 0 Å². The zero-order chi connectivity index (χ0) is 17.1. The van der Waals surface area contributed by atoms with Crippen LogP contribution in [0.2, 0.25) is 0 Å². The number of fused-ring (bicyclic) bond motifs is 1. The first-order valence-corrected chi connectivity index (χ1v) is 8.32. The van der Waals surface area contributed by atoms with Gasteiger partial charge in [-0.05, 0) is 34.7 Å². The van der Waals surface area contributed by atoms with Crippen LogP contribution in [0.5, 0.6) is 0 Å². The van der Waals surface area contributed by atoms with Crippen LogP contribution in [0.3, 0.4) is 0 Å². The van der Waals surface area contributed by atoms with Crippen molar-refractivity contribution < 1.29 is 4.79 Å². The monoisotopic (exact) mass is 351 g/mol. The van der Waals surface area contributed by atoms with Gasteiger partial charge in [-0.3, -0.25) is 4.79 Å². The molecule has 2 aromatic carbocycles. The average molecular weight is 351 g/mol. The van der Waals surface area contributed by atoms with Crippen LogP contribution in [0.1, 0.15) is 0 Å². The molecule has 0 unspecified atom stereocenters. The fourth-order valence-electron chi connectivity index (χ4n) is 2.34. The molecule has 0 saturated carbocycles. The van der Waals surface area contributed by atoms with Gasteiger partial charge in [-0.2, -0.15) is 0 Å². The van der Waals surface area contributed by atoms with Gasteiger partial charge in [0.2, 0.25) is 5.91 Å². The molecule has 2 N–H and O–H groups in total. The van der Waals surface area contributed by atoms with Gasteiger partial charge in [-0.1, -0.05) is 35.6 Å². The molecule has 0 bridgehead atoms. The van der Waals surface area contributed by atoms with Gasteiger partial charge in [0.05, 0.1) is 10.4 Å². The molecule has 0 aliphatic rings. The van der Waals surface area contributed by atoms with E-state index in [2.05, 4.69) is 31.1 Å². The van der Waals surface area contributed by atoms with E-state index in [1.54, 1.807) is 0 Å². The van der Waals surface area contributed by atoms with Crippen LogP contribution in [0.25, 0.3) is 10.2 Å². The Morgan fingerprint density at radius 2 is 2.00 bits per heavy atom. The van der Waals surface area contributed by atoms with E-state index in [0.717, 1.165) is 21.0 Å². The lowest BCUT2D eigenvalue weighted by Crippen LogP contribution is -2.19. The molecule has 8 nitrogen and oxygen atoms in total. The number of para-hydroxylation sites is 2. The van der Waals surface area contributed by atoms with Crippen LogP contribution in [-0.4, -0.2) is 31.1 Å². The van der Waals surface area contributed by atoms with Crippen LogP contribution in [0.15, 0.2) is 54.9 Å². The van der Waals surface area contributed by atoms with Gasteiger partial charge < -0.3 is 10.6 Å². The molecule has 4 aromatic rings. The Bertz CT molecular complexity index is 998. The second-order valence-corrected chi connectivity index (χ2v) is 6.25. The summed E-state index contributed by atoms with van der Waals surface area (Å²) in [5.74, 6) is -0.217. The van der Waals surface area contributed by atoms with Crippen LogP contribution in [-0.2, 0) is 11.3 Å². The Balaban J connectivity index is 1.56. The first-order valence-electron chi connectivity index (χ1n) is 7.50. The van der Waals surface area contributed by atoms with E-state index in [1.165, 1.54) is 22.3 Å². The van der Waals surface area contributed by atoms with Crippen molar-refractivity contribution in [2.75, 3.05) is 10.6 Å². The lowest BCUT2D eigenvalue weighted by molar-refractivity contribution is -0.116. The van der Waals surface area contributed by atoms with E-state index in [0.29, 0.717) is 5.69 Å². The van der Waals surface area contributed by atoms with E-state index in [-0.39, 0.29) is 12.5 Å². The maximum absolute atomic E-state index is 12.2. The molecule has 4 rings (SSSR count). The fourth-order valence-corrected chi connectivity index (χ4v) is 3.25. The largest absolute Gasteiger partial charge is 0.332 e. The minimum absolute atomic E-state index is 0.0443. The smallest absolute Gasteiger partial charge is 0.246 e. The molecule has 0 atom stereocenters.